The number of hydrogen-bond acceptors (Lipinski definition) is 6. The molecule has 0 unspecified atom stereocenters. The molecule has 0 amide bonds. The van der Waals surface area contributed by atoms with Gasteiger partial charge in [-0.25, -0.2) is 0 Å². The van der Waals surface area contributed by atoms with E-state index in [4.69, 9.17) is 9.47 Å². The van der Waals surface area contributed by atoms with Gasteiger partial charge in [0.05, 0.1) is 11.1 Å². The van der Waals surface area contributed by atoms with Crippen LogP contribution in [0.5, 0.6) is 0 Å². The Morgan fingerprint density at radius 2 is 0.881 bits per heavy atom. The van der Waals surface area contributed by atoms with Crippen LogP contribution in [0.1, 0.15) is 107 Å². The van der Waals surface area contributed by atoms with Crippen LogP contribution in [-0.2, 0) is 19.1 Å². The molecule has 0 fully saturated rings. The molecule has 0 saturated carbocycles. The maximum Gasteiger partial charge on any atom is 0.311 e. The molecule has 6 heteroatoms. The van der Waals surface area contributed by atoms with Gasteiger partial charge in [0.25, 0.3) is 0 Å². The summed E-state index contributed by atoms with van der Waals surface area (Å²) in [5.74, 6) is 1.04. The third kappa shape index (κ3) is 7.12. The van der Waals surface area contributed by atoms with Crippen LogP contribution in [-0.4, -0.2) is 46.9 Å². The Kier molecular flexibility index (Phi) is 8.79. The third-order valence-corrected chi connectivity index (χ3v) is 9.01. The minimum absolute atomic E-state index is 0.115. The molecule has 0 spiro atoms. The van der Waals surface area contributed by atoms with Gasteiger partial charge in [0.15, 0.2) is 0 Å². The highest BCUT2D eigenvalue weighted by Crippen LogP contribution is 2.45. The van der Waals surface area contributed by atoms with Crippen LogP contribution in [0.4, 0.5) is 0 Å². The molecule has 0 N–H and O–H groups in total. The van der Waals surface area contributed by atoms with E-state index < -0.39 is 0 Å². The first-order valence-corrected chi connectivity index (χ1v) is 15.7. The number of nitrogens with zero attached hydrogens (tertiary/aromatic N) is 2. The average molecular weight is 577 g/mol. The number of rotatable bonds is 11. The Morgan fingerprint density at radius 1 is 0.548 bits per heavy atom. The molecule has 2 heterocycles. The predicted molar refractivity (Wildman–Crippen MR) is 169 cm³/mol. The van der Waals surface area contributed by atoms with Gasteiger partial charge < -0.3 is 19.3 Å². The number of carbonyl (C=O) groups excluding carboxylic acids is 2. The van der Waals surface area contributed by atoms with E-state index in [1.807, 2.05) is 0 Å². The average Bonchev–Trinajstić information content (AvgIpc) is 3.22. The van der Waals surface area contributed by atoms with Gasteiger partial charge in [-0.1, -0.05) is 65.5 Å². The molecule has 0 aromatic rings. The SMILES string of the molecule is CN1C2=CC(C)(C)C=C(OC(=O)CCCCCCCCC(=O)OC3=CC(C)(C)C=C4C3=CC(C)(C)N4C)C2=CC1(C)C. The molecule has 2 aliphatic heterocycles. The molecule has 2 aliphatic carbocycles. The van der Waals surface area contributed by atoms with Crippen LogP contribution < -0.4 is 0 Å². The highest BCUT2D eigenvalue weighted by Gasteiger charge is 2.40. The standard InChI is InChI=1S/C36H52N2O4/c1-33(2)21-27-25(19-35(5,6)37(27)9)29(23-33)41-31(39)17-15-13-11-12-14-16-18-32(40)42-30-24-34(3,4)22-28-26(30)20-36(7,8)38(28)10/h19-24H,11-18H2,1-10H3. The van der Waals surface area contributed by atoms with Gasteiger partial charge in [0, 0.05) is 60.3 Å². The number of carbonyl (C=O) groups is 2. The Balaban J connectivity index is 1.14. The van der Waals surface area contributed by atoms with Gasteiger partial charge in [0.2, 0.25) is 0 Å². The largest absolute Gasteiger partial charge is 0.426 e. The van der Waals surface area contributed by atoms with E-state index in [1.54, 1.807) is 0 Å². The number of hydrogen-bond donors (Lipinski definition) is 0. The molecule has 0 aromatic heterocycles. The summed E-state index contributed by atoms with van der Waals surface area (Å²) in [7, 11) is 4.18. The molecular formula is C36H52N2O4. The van der Waals surface area contributed by atoms with Crippen molar-refractivity contribution in [1.29, 1.82) is 0 Å². The van der Waals surface area contributed by atoms with Gasteiger partial charge in [-0.15, -0.1) is 0 Å². The zero-order valence-corrected chi connectivity index (χ0v) is 27.6. The van der Waals surface area contributed by atoms with Crippen molar-refractivity contribution >= 4 is 11.9 Å². The number of likely N-dealkylation sites (N-methyl/N-ethyl adjacent to an activating group) is 2. The third-order valence-electron chi connectivity index (χ3n) is 9.01. The van der Waals surface area contributed by atoms with Crippen molar-refractivity contribution in [2.75, 3.05) is 14.1 Å². The smallest absolute Gasteiger partial charge is 0.311 e. The monoisotopic (exact) mass is 576 g/mol. The molecular weight excluding hydrogens is 524 g/mol. The fraction of sp³-hybridized carbons (Fsp3) is 0.611. The lowest BCUT2D eigenvalue weighted by Gasteiger charge is -2.33. The van der Waals surface area contributed by atoms with Crippen LogP contribution in [0, 0.1) is 10.8 Å². The second kappa shape index (κ2) is 11.6. The summed E-state index contributed by atoms with van der Waals surface area (Å²) in [6.07, 6.45) is 19.5. The Hall–Kier alpha value is -3.02. The first-order valence-electron chi connectivity index (χ1n) is 15.7. The van der Waals surface area contributed by atoms with Crippen molar-refractivity contribution in [3.05, 3.63) is 70.5 Å². The highest BCUT2D eigenvalue weighted by molar-refractivity contribution is 5.73. The molecule has 4 aliphatic rings. The Labute approximate surface area is 253 Å². The lowest BCUT2D eigenvalue weighted by Crippen LogP contribution is -2.34. The lowest BCUT2D eigenvalue weighted by atomic mass is 9.85. The second-order valence-corrected chi connectivity index (χ2v) is 14.8. The van der Waals surface area contributed by atoms with Crippen LogP contribution >= 0.6 is 0 Å². The van der Waals surface area contributed by atoms with Crippen molar-refractivity contribution in [3.63, 3.8) is 0 Å². The van der Waals surface area contributed by atoms with Crippen LogP contribution in [0.25, 0.3) is 0 Å². The molecule has 42 heavy (non-hydrogen) atoms. The van der Waals surface area contributed by atoms with Crippen LogP contribution in [0.3, 0.4) is 0 Å². The fourth-order valence-corrected chi connectivity index (χ4v) is 6.16. The zero-order valence-electron chi connectivity index (χ0n) is 27.6. The molecule has 0 atom stereocenters. The van der Waals surface area contributed by atoms with Gasteiger partial charge in [-0.05, 0) is 64.8 Å². The van der Waals surface area contributed by atoms with Crippen molar-refractivity contribution in [3.8, 4) is 0 Å². The number of ether oxygens (including phenoxy) is 2. The van der Waals surface area contributed by atoms with E-state index in [-0.39, 0.29) is 33.8 Å². The summed E-state index contributed by atoms with van der Waals surface area (Å²) >= 11 is 0. The summed E-state index contributed by atoms with van der Waals surface area (Å²) in [5, 5.41) is 0. The Bertz CT molecular complexity index is 1200. The van der Waals surface area contributed by atoms with E-state index in [1.165, 1.54) is 0 Å². The molecule has 6 nitrogen and oxygen atoms in total. The lowest BCUT2D eigenvalue weighted by molar-refractivity contribution is -0.140. The number of allylic oxidation sites excluding steroid dienone is 4. The van der Waals surface area contributed by atoms with Crippen molar-refractivity contribution in [2.24, 2.45) is 10.8 Å². The van der Waals surface area contributed by atoms with Crippen LogP contribution in [0.15, 0.2) is 70.5 Å². The number of unbranched alkanes of at least 4 members (excludes halogenated alkanes) is 5. The zero-order chi connectivity index (χ0) is 31.1. The van der Waals surface area contributed by atoms with E-state index in [2.05, 4.69) is 116 Å². The minimum atomic E-state index is -0.172. The normalized spacial score (nSPS) is 22.6. The van der Waals surface area contributed by atoms with Gasteiger partial charge >= 0.3 is 11.9 Å². The number of fused-ring (bicyclic) bond motifs is 2. The summed E-state index contributed by atoms with van der Waals surface area (Å²) in [4.78, 5) is 29.9. The quantitative estimate of drug-likeness (QED) is 0.183. The minimum Gasteiger partial charge on any atom is -0.426 e. The molecule has 0 saturated heterocycles. The summed E-state index contributed by atoms with van der Waals surface area (Å²) in [6.45, 7) is 17.2. The van der Waals surface area contributed by atoms with Gasteiger partial charge in [0.1, 0.15) is 11.5 Å². The maximum absolute atomic E-state index is 12.7. The molecule has 4 rings (SSSR count). The fourth-order valence-electron chi connectivity index (χ4n) is 6.16. The molecule has 0 bridgehead atoms. The first kappa shape index (κ1) is 31.9. The summed E-state index contributed by atoms with van der Waals surface area (Å²) < 4.78 is 11.8. The van der Waals surface area contributed by atoms with E-state index in [9.17, 15) is 9.59 Å². The number of esters is 2. The Morgan fingerprint density at radius 3 is 1.24 bits per heavy atom. The van der Waals surface area contributed by atoms with E-state index in [0.717, 1.165) is 61.1 Å². The topological polar surface area (TPSA) is 59.1 Å². The molecule has 0 radical (unpaired) electrons. The summed E-state index contributed by atoms with van der Waals surface area (Å²) in [6, 6.07) is 0. The van der Waals surface area contributed by atoms with Crippen molar-refractivity contribution < 1.29 is 19.1 Å². The van der Waals surface area contributed by atoms with Crippen molar-refractivity contribution in [2.45, 2.75) is 118 Å². The molecule has 0 aromatic carbocycles. The van der Waals surface area contributed by atoms with E-state index in [0.29, 0.717) is 24.4 Å². The van der Waals surface area contributed by atoms with Gasteiger partial charge in [-0.2, -0.15) is 0 Å². The highest BCUT2D eigenvalue weighted by atomic mass is 16.5. The van der Waals surface area contributed by atoms with Crippen LogP contribution in [0.2, 0.25) is 0 Å². The second-order valence-electron chi connectivity index (χ2n) is 14.8. The maximum atomic E-state index is 12.7. The van der Waals surface area contributed by atoms with E-state index >= 15 is 0 Å². The van der Waals surface area contributed by atoms with Crippen molar-refractivity contribution in [1.82, 2.24) is 9.80 Å². The predicted octanol–water partition coefficient (Wildman–Crippen LogP) is 8.11. The summed E-state index contributed by atoms with van der Waals surface area (Å²) in [5.41, 5.74) is 3.73. The molecule has 230 valence electrons. The first-order chi connectivity index (χ1) is 19.4. The van der Waals surface area contributed by atoms with Gasteiger partial charge in [-0.3, -0.25) is 9.59 Å².